The average molecular weight is 406 g/mol. The first-order valence-electron chi connectivity index (χ1n) is 9.61. The molecule has 4 rings (SSSR count). The molecule has 1 amide bonds. The maximum Gasteiger partial charge on any atom is 0.264 e. The second kappa shape index (κ2) is 9.08. The summed E-state index contributed by atoms with van der Waals surface area (Å²) in [4.78, 5) is 25.3. The molecule has 1 aromatic carbocycles. The number of aromatic nitrogens is 3. The zero-order valence-electron chi connectivity index (χ0n) is 16.5. The molecule has 0 spiro atoms. The van der Waals surface area contributed by atoms with Gasteiger partial charge in [0.25, 0.3) is 5.91 Å². The SMILES string of the molecule is Cc1nc(NCCNC(=O)C2COc3ccccc3O2)cc(Nc2ccccn2)n1. The smallest absolute Gasteiger partial charge is 0.264 e. The number of nitrogens with zero attached hydrogens (tertiary/aromatic N) is 3. The van der Waals surface area contributed by atoms with Crippen LogP contribution in [0.4, 0.5) is 17.5 Å². The van der Waals surface area contributed by atoms with Crippen LogP contribution in [0.2, 0.25) is 0 Å². The van der Waals surface area contributed by atoms with Crippen molar-refractivity contribution in [3.8, 4) is 11.5 Å². The topological polar surface area (TPSA) is 110 Å². The molecular formula is C21H22N6O3. The number of nitrogens with one attached hydrogen (secondary N) is 3. The monoisotopic (exact) mass is 406 g/mol. The number of rotatable bonds is 7. The number of carbonyl (C=O) groups excluding carboxylic acids is 1. The highest BCUT2D eigenvalue weighted by atomic mass is 16.6. The van der Waals surface area contributed by atoms with Crippen LogP contribution < -0.4 is 25.4 Å². The first-order valence-corrected chi connectivity index (χ1v) is 9.61. The van der Waals surface area contributed by atoms with Crippen LogP contribution in [0.25, 0.3) is 0 Å². The van der Waals surface area contributed by atoms with Crippen LogP contribution >= 0.6 is 0 Å². The summed E-state index contributed by atoms with van der Waals surface area (Å²) in [6.45, 7) is 2.90. The van der Waals surface area contributed by atoms with Crippen molar-refractivity contribution < 1.29 is 14.3 Å². The van der Waals surface area contributed by atoms with Crippen molar-refractivity contribution >= 4 is 23.4 Å². The fourth-order valence-corrected chi connectivity index (χ4v) is 2.93. The molecule has 1 aliphatic heterocycles. The van der Waals surface area contributed by atoms with Crippen LogP contribution in [0.15, 0.2) is 54.7 Å². The van der Waals surface area contributed by atoms with E-state index in [1.807, 2.05) is 43.3 Å². The minimum absolute atomic E-state index is 0.184. The van der Waals surface area contributed by atoms with Gasteiger partial charge in [0.1, 0.15) is 29.9 Å². The number of benzene rings is 1. The van der Waals surface area contributed by atoms with Gasteiger partial charge in [0, 0.05) is 25.4 Å². The van der Waals surface area contributed by atoms with Crippen molar-refractivity contribution in [1.82, 2.24) is 20.3 Å². The minimum Gasteiger partial charge on any atom is -0.485 e. The van der Waals surface area contributed by atoms with Gasteiger partial charge in [0.15, 0.2) is 11.5 Å². The third kappa shape index (κ3) is 4.93. The average Bonchev–Trinajstić information content (AvgIpc) is 2.76. The number of fused-ring (bicyclic) bond motifs is 1. The van der Waals surface area contributed by atoms with Crippen LogP contribution in [0.1, 0.15) is 5.82 Å². The van der Waals surface area contributed by atoms with Crippen molar-refractivity contribution in [1.29, 1.82) is 0 Å². The molecule has 0 aliphatic carbocycles. The maximum absolute atomic E-state index is 12.3. The third-order valence-electron chi connectivity index (χ3n) is 4.29. The van der Waals surface area contributed by atoms with E-state index in [1.165, 1.54) is 0 Å². The van der Waals surface area contributed by atoms with Crippen molar-refractivity contribution in [2.45, 2.75) is 13.0 Å². The van der Waals surface area contributed by atoms with Crippen molar-refractivity contribution in [2.75, 3.05) is 30.3 Å². The second-order valence-electron chi connectivity index (χ2n) is 6.61. The Morgan fingerprint density at radius 2 is 1.83 bits per heavy atom. The van der Waals surface area contributed by atoms with Gasteiger partial charge < -0.3 is 25.4 Å². The lowest BCUT2D eigenvalue weighted by Gasteiger charge is -2.25. The van der Waals surface area contributed by atoms with Crippen LogP contribution in [0, 0.1) is 6.92 Å². The van der Waals surface area contributed by atoms with Crippen LogP contribution in [-0.2, 0) is 4.79 Å². The first-order chi connectivity index (χ1) is 14.7. The van der Waals surface area contributed by atoms with Gasteiger partial charge in [-0.05, 0) is 31.2 Å². The molecule has 0 bridgehead atoms. The molecule has 0 fully saturated rings. The van der Waals surface area contributed by atoms with Gasteiger partial charge in [0.2, 0.25) is 6.10 Å². The van der Waals surface area contributed by atoms with E-state index in [1.54, 1.807) is 18.3 Å². The number of aryl methyl sites for hydroxylation is 1. The molecule has 9 nitrogen and oxygen atoms in total. The summed E-state index contributed by atoms with van der Waals surface area (Å²) in [5.41, 5.74) is 0. The standard InChI is InChI=1S/C21H22N6O3/c1-14-25-19(12-20(26-14)27-18-8-4-5-9-22-18)23-10-11-24-21(28)17-13-29-15-6-2-3-7-16(15)30-17/h2-9,12,17H,10-11,13H2,1H3,(H,24,28)(H2,22,23,25,26,27). The van der Waals surface area contributed by atoms with Gasteiger partial charge in [-0.25, -0.2) is 15.0 Å². The summed E-state index contributed by atoms with van der Waals surface area (Å²) in [5.74, 6) is 3.62. The predicted octanol–water partition coefficient (Wildman–Crippen LogP) is 2.29. The minimum atomic E-state index is -0.671. The Morgan fingerprint density at radius 1 is 1.03 bits per heavy atom. The Bertz CT molecular complexity index is 1010. The van der Waals surface area contributed by atoms with Crippen LogP contribution in [0.5, 0.6) is 11.5 Å². The molecule has 1 atom stereocenters. The van der Waals surface area contributed by atoms with E-state index in [4.69, 9.17) is 9.47 Å². The van der Waals surface area contributed by atoms with Crippen molar-refractivity contribution in [3.05, 3.63) is 60.6 Å². The molecule has 154 valence electrons. The number of hydrogen-bond donors (Lipinski definition) is 3. The molecule has 0 saturated carbocycles. The third-order valence-corrected chi connectivity index (χ3v) is 4.29. The summed E-state index contributed by atoms with van der Waals surface area (Å²) in [6.07, 6.45) is 1.04. The van der Waals surface area contributed by atoms with E-state index >= 15 is 0 Å². The predicted molar refractivity (Wildman–Crippen MR) is 112 cm³/mol. The summed E-state index contributed by atoms with van der Waals surface area (Å²) < 4.78 is 11.3. The first kappa shape index (κ1) is 19.4. The van der Waals surface area contributed by atoms with Crippen molar-refractivity contribution in [2.24, 2.45) is 0 Å². The molecule has 1 unspecified atom stereocenters. The Labute approximate surface area is 173 Å². The lowest BCUT2D eigenvalue weighted by atomic mass is 10.2. The molecule has 1 aliphatic rings. The van der Waals surface area contributed by atoms with Gasteiger partial charge >= 0.3 is 0 Å². The van der Waals surface area contributed by atoms with E-state index in [-0.39, 0.29) is 12.5 Å². The Morgan fingerprint density at radius 3 is 2.67 bits per heavy atom. The highest BCUT2D eigenvalue weighted by Crippen LogP contribution is 2.30. The van der Waals surface area contributed by atoms with Gasteiger partial charge in [-0.15, -0.1) is 0 Å². The lowest BCUT2D eigenvalue weighted by molar-refractivity contribution is -0.130. The number of amides is 1. The Balaban J connectivity index is 1.26. The zero-order valence-corrected chi connectivity index (χ0v) is 16.5. The number of anilines is 3. The van der Waals surface area contributed by atoms with Gasteiger partial charge in [0.05, 0.1) is 0 Å². The van der Waals surface area contributed by atoms with E-state index in [9.17, 15) is 4.79 Å². The maximum atomic E-state index is 12.3. The number of pyridine rings is 1. The van der Waals surface area contributed by atoms with E-state index in [2.05, 4.69) is 30.9 Å². The second-order valence-corrected chi connectivity index (χ2v) is 6.61. The summed E-state index contributed by atoms with van der Waals surface area (Å²) in [7, 11) is 0. The fraction of sp³-hybridized carbons (Fsp3) is 0.238. The van der Waals surface area contributed by atoms with Gasteiger partial charge in [-0.2, -0.15) is 0 Å². The van der Waals surface area contributed by atoms with Crippen LogP contribution in [-0.4, -0.2) is 46.7 Å². The number of ether oxygens (including phenoxy) is 2. The largest absolute Gasteiger partial charge is 0.485 e. The lowest BCUT2D eigenvalue weighted by Crippen LogP contribution is -2.45. The Kier molecular flexibility index (Phi) is 5.88. The summed E-state index contributed by atoms with van der Waals surface area (Å²) in [6, 6.07) is 14.7. The summed E-state index contributed by atoms with van der Waals surface area (Å²) in [5, 5.41) is 9.18. The molecule has 3 N–H and O–H groups in total. The molecule has 0 saturated heterocycles. The van der Waals surface area contributed by atoms with Gasteiger partial charge in [-0.3, -0.25) is 4.79 Å². The number of para-hydroxylation sites is 2. The quantitative estimate of drug-likeness (QED) is 0.513. The van der Waals surface area contributed by atoms with Crippen LogP contribution in [0.3, 0.4) is 0 Å². The van der Waals surface area contributed by atoms with Gasteiger partial charge in [-0.1, -0.05) is 18.2 Å². The van der Waals surface area contributed by atoms with E-state index in [0.29, 0.717) is 47.9 Å². The Hall–Kier alpha value is -3.88. The number of carbonyl (C=O) groups is 1. The molecule has 2 aromatic heterocycles. The van der Waals surface area contributed by atoms with Crippen molar-refractivity contribution in [3.63, 3.8) is 0 Å². The molecule has 9 heteroatoms. The molecule has 0 radical (unpaired) electrons. The van der Waals surface area contributed by atoms with E-state index in [0.717, 1.165) is 0 Å². The number of hydrogen-bond acceptors (Lipinski definition) is 8. The molecule has 3 aromatic rings. The molecular weight excluding hydrogens is 384 g/mol. The molecule has 3 heterocycles. The van der Waals surface area contributed by atoms with E-state index < -0.39 is 6.10 Å². The normalized spacial score (nSPS) is 14.6. The highest BCUT2D eigenvalue weighted by molar-refractivity contribution is 5.81. The fourth-order valence-electron chi connectivity index (χ4n) is 2.93. The highest BCUT2D eigenvalue weighted by Gasteiger charge is 2.26. The summed E-state index contributed by atoms with van der Waals surface area (Å²) >= 11 is 0. The zero-order chi connectivity index (χ0) is 20.8. The molecule has 30 heavy (non-hydrogen) atoms.